The molecule has 0 bridgehead atoms. The zero-order chi connectivity index (χ0) is 18.0. The number of carbonyl (C=O) groups excluding carboxylic acids is 1. The molecule has 24 heavy (non-hydrogen) atoms. The van der Waals surface area contributed by atoms with Gasteiger partial charge in [0.25, 0.3) is 0 Å². The summed E-state index contributed by atoms with van der Waals surface area (Å²) in [6.45, 7) is -1.48. The Labute approximate surface area is 134 Å². The lowest BCUT2D eigenvalue weighted by molar-refractivity contribution is -0.208. The van der Waals surface area contributed by atoms with Gasteiger partial charge in [-0.25, -0.2) is 9.78 Å². The standard InChI is InChI=1S/C14H16F5N3O2/c1-13(5-9(6-13)14(17,18)19)22-12(23)21-7-8-2-3-20-10(4-8)24-11(15)16/h2-4,9,11H,5-7H2,1H3,(H2,21,22,23). The third-order valence-electron chi connectivity index (χ3n) is 3.73. The van der Waals surface area contributed by atoms with Gasteiger partial charge in [0.15, 0.2) is 0 Å². The number of pyridine rings is 1. The number of ether oxygens (including phenoxy) is 1. The SMILES string of the molecule is CC1(NC(=O)NCc2ccnc(OC(F)F)c2)CC(C(F)(F)F)C1. The number of halogens is 5. The molecule has 2 amide bonds. The van der Waals surface area contributed by atoms with Gasteiger partial charge < -0.3 is 15.4 Å². The number of hydrogen-bond donors (Lipinski definition) is 2. The van der Waals surface area contributed by atoms with Gasteiger partial charge in [-0.15, -0.1) is 0 Å². The van der Waals surface area contributed by atoms with Crippen LogP contribution in [0.2, 0.25) is 0 Å². The summed E-state index contributed by atoms with van der Waals surface area (Å²) in [7, 11) is 0. The molecule has 0 unspecified atom stereocenters. The summed E-state index contributed by atoms with van der Waals surface area (Å²) in [6, 6.07) is 2.09. The molecule has 5 nitrogen and oxygen atoms in total. The van der Waals surface area contributed by atoms with Crippen molar-refractivity contribution in [3.8, 4) is 5.88 Å². The van der Waals surface area contributed by atoms with Crippen LogP contribution in [0, 0.1) is 5.92 Å². The van der Waals surface area contributed by atoms with Gasteiger partial charge in [0, 0.05) is 24.3 Å². The van der Waals surface area contributed by atoms with Gasteiger partial charge in [0.1, 0.15) is 0 Å². The monoisotopic (exact) mass is 353 g/mol. The van der Waals surface area contributed by atoms with Crippen molar-refractivity contribution in [2.24, 2.45) is 5.92 Å². The first-order valence-electron chi connectivity index (χ1n) is 7.10. The molecule has 0 saturated heterocycles. The number of carbonyl (C=O) groups is 1. The maximum atomic E-state index is 12.5. The molecule has 0 aliphatic heterocycles. The molecule has 0 spiro atoms. The summed E-state index contributed by atoms with van der Waals surface area (Å²) in [5.41, 5.74) is -0.449. The van der Waals surface area contributed by atoms with Gasteiger partial charge in [-0.05, 0) is 31.4 Å². The van der Waals surface area contributed by atoms with Crippen LogP contribution < -0.4 is 15.4 Å². The van der Waals surface area contributed by atoms with Gasteiger partial charge in [0.2, 0.25) is 5.88 Å². The lowest BCUT2D eigenvalue weighted by atomic mass is 9.69. The van der Waals surface area contributed by atoms with Crippen molar-refractivity contribution < 1.29 is 31.5 Å². The van der Waals surface area contributed by atoms with E-state index < -0.39 is 30.3 Å². The summed E-state index contributed by atoms with van der Waals surface area (Å²) in [5, 5.41) is 4.95. The molecule has 1 aromatic rings. The molecule has 134 valence electrons. The maximum absolute atomic E-state index is 12.5. The third kappa shape index (κ3) is 4.93. The van der Waals surface area contributed by atoms with Crippen LogP contribution in [0.4, 0.5) is 26.7 Å². The van der Waals surface area contributed by atoms with Crippen molar-refractivity contribution in [3.63, 3.8) is 0 Å². The van der Waals surface area contributed by atoms with E-state index in [0.717, 1.165) is 0 Å². The first-order valence-corrected chi connectivity index (χ1v) is 7.10. The highest BCUT2D eigenvalue weighted by Gasteiger charge is 2.54. The third-order valence-corrected chi connectivity index (χ3v) is 3.73. The van der Waals surface area contributed by atoms with Crippen molar-refractivity contribution in [2.45, 2.75) is 44.6 Å². The lowest BCUT2D eigenvalue weighted by Gasteiger charge is -2.46. The van der Waals surface area contributed by atoms with Crippen molar-refractivity contribution in [3.05, 3.63) is 23.9 Å². The second-order valence-electron chi connectivity index (χ2n) is 5.90. The normalized spacial score (nSPS) is 23.5. The van der Waals surface area contributed by atoms with Gasteiger partial charge in [-0.3, -0.25) is 0 Å². The minimum atomic E-state index is -4.25. The maximum Gasteiger partial charge on any atom is 0.391 e. The van der Waals surface area contributed by atoms with Crippen LogP contribution in [0.5, 0.6) is 5.88 Å². The first-order chi connectivity index (χ1) is 11.1. The Morgan fingerprint density at radius 1 is 1.46 bits per heavy atom. The van der Waals surface area contributed by atoms with E-state index in [1.165, 1.54) is 25.3 Å². The molecule has 1 saturated carbocycles. The Kier molecular flexibility index (Phi) is 5.14. The van der Waals surface area contributed by atoms with Crippen LogP contribution in [0.25, 0.3) is 0 Å². The average molecular weight is 353 g/mol. The molecule has 0 aromatic carbocycles. The predicted octanol–water partition coefficient (Wildman–Crippen LogP) is 3.21. The van der Waals surface area contributed by atoms with Crippen LogP contribution in [-0.2, 0) is 6.54 Å². The zero-order valence-corrected chi connectivity index (χ0v) is 12.7. The van der Waals surface area contributed by atoms with Crippen LogP contribution in [0.3, 0.4) is 0 Å². The van der Waals surface area contributed by atoms with Gasteiger partial charge in [-0.1, -0.05) is 0 Å². The fraction of sp³-hybridized carbons (Fsp3) is 0.571. The number of hydrogen-bond acceptors (Lipinski definition) is 3. The van der Waals surface area contributed by atoms with Gasteiger partial charge in [-0.2, -0.15) is 22.0 Å². The van der Waals surface area contributed by atoms with Crippen molar-refractivity contribution in [1.82, 2.24) is 15.6 Å². The second kappa shape index (κ2) is 6.78. The Morgan fingerprint density at radius 3 is 2.71 bits per heavy atom. The molecule has 10 heteroatoms. The summed E-state index contributed by atoms with van der Waals surface area (Å²) in [6.07, 6.45) is -3.36. The van der Waals surface area contributed by atoms with Gasteiger partial charge >= 0.3 is 18.8 Å². The van der Waals surface area contributed by atoms with E-state index in [2.05, 4.69) is 20.4 Å². The Balaban J connectivity index is 1.80. The number of urea groups is 1. The summed E-state index contributed by atoms with van der Waals surface area (Å²) in [5.74, 6) is -1.69. The fourth-order valence-electron chi connectivity index (χ4n) is 2.58. The molecule has 1 fully saturated rings. The molecular weight excluding hydrogens is 337 g/mol. The molecule has 0 atom stereocenters. The Morgan fingerprint density at radius 2 is 2.12 bits per heavy atom. The molecule has 2 N–H and O–H groups in total. The van der Waals surface area contributed by atoms with E-state index in [1.807, 2.05) is 0 Å². The quantitative estimate of drug-likeness (QED) is 0.799. The Bertz CT molecular complexity index is 588. The van der Waals surface area contributed by atoms with E-state index in [9.17, 15) is 26.7 Å². The van der Waals surface area contributed by atoms with Crippen LogP contribution in [0.1, 0.15) is 25.3 Å². The number of nitrogens with one attached hydrogen (secondary N) is 2. The first kappa shape index (κ1) is 18.2. The summed E-state index contributed by atoms with van der Waals surface area (Å²) in [4.78, 5) is 15.4. The highest BCUT2D eigenvalue weighted by Crippen LogP contribution is 2.46. The number of rotatable bonds is 5. The Hall–Kier alpha value is -2.13. The summed E-state index contributed by atoms with van der Waals surface area (Å²) < 4.78 is 65.8. The van der Waals surface area contributed by atoms with Gasteiger partial charge in [0.05, 0.1) is 5.92 Å². The number of nitrogens with zero attached hydrogens (tertiary/aromatic N) is 1. The largest absolute Gasteiger partial charge is 0.417 e. The fourth-order valence-corrected chi connectivity index (χ4v) is 2.58. The van der Waals surface area contributed by atoms with Crippen molar-refractivity contribution in [1.29, 1.82) is 0 Å². The minimum absolute atomic E-state index is 0.00721. The molecule has 1 aliphatic rings. The number of aromatic nitrogens is 1. The second-order valence-corrected chi connectivity index (χ2v) is 5.90. The van der Waals surface area contributed by atoms with E-state index in [-0.39, 0.29) is 25.3 Å². The van der Waals surface area contributed by atoms with E-state index in [0.29, 0.717) is 5.56 Å². The van der Waals surface area contributed by atoms with E-state index in [4.69, 9.17) is 0 Å². The summed E-state index contributed by atoms with van der Waals surface area (Å²) >= 11 is 0. The van der Waals surface area contributed by atoms with E-state index in [1.54, 1.807) is 0 Å². The van der Waals surface area contributed by atoms with Crippen molar-refractivity contribution in [2.75, 3.05) is 0 Å². The lowest BCUT2D eigenvalue weighted by Crippen LogP contribution is -2.60. The molecule has 1 heterocycles. The number of amides is 2. The number of alkyl halides is 5. The predicted molar refractivity (Wildman–Crippen MR) is 73.4 cm³/mol. The highest BCUT2D eigenvalue weighted by atomic mass is 19.4. The smallest absolute Gasteiger partial charge is 0.391 e. The molecule has 0 radical (unpaired) electrons. The molecule has 1 aliphatic carbocycles. The van der Waals surface area contributed by atoms with Crippen LogP contribution >= 0.6 is 0 Å². The van der Waals surface area contributed by atoms with Crippen LogP contribution in [0.15, 0.2) is 18.3 Å². The molecular formula is C14H16F5N3O2. The zero-order valence-electron chi connectivity index (χ0n) is 12.7. The van der Waals surface area contributed by atoms with Crippen molar-refractivity contribution >= 4 is 6.03 Å². The topological polar surface area (TPSA) is 63.2 Å². The molecule has 2 rings (SSSR count). The average Bonchev–Trinajstić information content (AvgIpc) is 2.41. The van der Waals surface area contributed by atoms with Crippen LogP contribution in [-0.4, -0.2) is 29.3 Å². The van der Waals surface area contributed by atoms with E-state index >= 15 is 0 Å². The minimum Gasteiger partial charge on any atom is -0.417 e. The highest BCUT2D eigenvalue weighted by molar-refractivity contribution is 5.74. The molecule has 1 aromatic heterocycles.